The van der Waals surface area contributed by atoms with E-state index in [4.69, 9.17) is 9.40 Å². The number of aromatic nitrogens is 2. The van der Waals surface area contributed by atoms with Gasteiger partial charge in [-0.25, -0.2) is 4.98 Å². The van der Waals surface area contributed by atoms with Crippen LogP contribution >= 0.6 is 0 Å². The van der Waals surface area contributed by atoms with E-state index in [-0.39, 0.29) is 0 Å². The predicted octanol–water partition coefficient (Wildman–Crippen LogP) is 15.7. The van der Waals surface area contributed by atoms with Crippen LogP contribution in [-0.2, 0) is 0 Å². The number of hydrogen-bond donors (Lipinski definition) is 0. The van der Waals surface area contributed by atoms with Gasteiger partial charge >= 0.3 is 0 Å². The molecule has 2 aromatic heterocycles. The van der Waals surface area contributed by atoms with Gasteiger partial charge in [-0.05, 0) is 82.6 Å². The maximum absolute atomic E-state index is 6.69. The molecule has 286 valence electrons. The summed E-state index contributed by atoms with van der Waals surface area (Å²) in [6.07, 6.45) is 0. The fourth-order valence-electron chi connectivity index (χ4n) is 9.29. The van der Waals surface area contributed by atoms with Crippen molar-refractivity contribution in [3.8, 4) is 39.4 Å². The molecule has 0 bridgehead atoms. The van der Waals surface area contributed by atoms with E-state index in [0.717, 1.165) is 61.5 Å². The summed E-state index contributed by atoms with van der Waals surface area (Å²) < 4.78 is 9.11. The van der Waals surface area contributed by atoms with Gasteiger partial charge in [-0.15, -0.1) is 0 Å². The molecule has 0 N–H and O–H groups in total. The Labute approximate surface area is 352 Å². The van der Waals surface area contributed by atoms with Crippen molar-refractivity contribution in [1.29, 1.82) is 0 Å². The Kier molecular flexibility index (Phi) is 8.13. The van der Waals surface area contributed by atoms with Crippen molar-refractivity contribution in [1.82, 2.24) is 9.55 Å². The summed E-state index contributed by atoms with van der Waals surface area (Å²) in [5, 5.41) is 7.14. The molecule has 4 heteroatoms. The Morgan fingerprint density at radius 1 is 0.410 bits per heavy atom. The fourth-order valence-corrected chi connectivity index (χ4v) is 9.29. The monoisotopic (exact) mass is 779 g/mol. The fraction of sp³-hybridized carbons (Fsp3) is 0. The van der Waals surface area contributed by atoms with Crippen molar-refractivity contribution < 1.29 is 4.42 Å². The Morgan fingerprint density at radius 3 is 1.90 bits per heavy atom. The zero-order valence-electron chi connectivity index (χ0n) is 33.1. The summed E-state index contributed by atoms with van der Waals surface area (Å²) in [5.41, 5.74) is 13.5. The molecule has 0 saturated heterocycles. The number of oxazole rings is 1. The van der Waals surface area contributed by atoms with Crippen molar-refractivity contribution in [2.45, 2.75) is 0 Å². The number of fused-ring (bicyclic) bond motifs is 7. The summed E-state index contributed by atoms with van der Waals surface area (Å²) in [6.45, 7) is 0. The minimum atomic E-state index is 0.603. The van der Waals surface area contributed by atoms with E-state index in [1.54, 1.807) is 0 Å². The van der Waals surface area contributed by atoms with Gasteiger partial charge < -0.3 is 13.9 Å². The second kappa shape index (κ2) is 14.3. The van der Waals surface area contributed by atoms with Gasteiger partial charge in [0.2, 0.25) is 5.89 Å². The Morgan fingerprint density at radius 2 is 1.03 bits per heavy atom. The first-order valence-corrected chi connectivity index (χ1v) is 20.7. The van der Waals surface area contributed by atoms with Crippen LogP contribution in [0.1, 0.15) is 0 Å². The van der Waals surface area contributed by atoms with Crippen LogP contribution in [0.5, 0.6) is 0 Å². The SMILES string of the molecule is c1ccc(-c2nc3cccc(-c4ccccc4N(c4cccc(-c5cccc6ccccc56)c4)c4cc5c6ccccc6n(-c6ccccc6)c5c5ccccc45)c3o2)cc1. The zero-order valence-corrected chi connectivity index (χ0v) is 33.1. The van der Waals surface area contributed by atoms with Crippen molar-refractivity contribution >= 4 is 71.5 Å². The summed E-state index contributed by atoms with van der Waals surface area (Å²) in [7, 11) is 0. The van der Waals surface area contributed by atoms with Gasteiger partial charge in [-0.3, -0.25) is 0 Å². The number of benzene rings is 10. The van der Waals surface area contributed by atoms with Gasteiger partial charge in [0.15, 0.2) is 5.58 Å². The third-order valence-corrected chi connectivity index (χ3v) is 12.0. The highest BCUT2D eigenvalue weighted by Crippen LogP contribution is 2.49. The zero-order chi connectivity index (χ0) is 40.3. The second-order valence-electron chi connectivity index (χ2n) is 15.5. The molecule has 12 rings (SSSR count). The molecule has 0 aliphatic heterocycles. The average molecular weight is 780 g/mol. The molecule has 4 nitrogen and oxygen atoms in total. The van der Waals surface area contributed by atoms with Gasteiger partial charge in [-0.2, -0.15) is 0 Å². The molecule has 0 spiro atoms. The molecule has 0 aliphatic carbocycles. The third-order valence-electron chi connectivity index (χ3n) is 12.0. The van der Waals surface area contributed by atoms with Crippen molar-refractivity contribution in [3.63, 3.8) is 0 Å². The highest BCUT2D eigenvalue weighted by Gasteiger charge is 2.25. The van der Waals surface area contributed by atoms with E-state index >= 15 is 0 Å². The number of nitrogens with zero attached hydrogens (tertiary/aromatic N) is 3. The molecular weight excluding hydrogens is 743 g/mol. The third kappa shape index (κ3) is 5.72. The van der Waals surface area contributed by atoms with E-state index in [9.17, 15) is 0 Å². The van der Waals surface area contributed by atoms with Gasteiger partial charge in [0, 0.05) is 49.6 Å². The van der Waals surface area contributed by atoms with E-state index in [1.807, 2.05) is 36.4 Å². The maximum atomic E-state index is 6.69. The highest BCUT2D eigenvalue weighted by molar-refractivity contribution is 6.23. The Bertz CT molecular complexity index is 3600. The first-order valence-electron chi connectivity index (χ1n) is 20.7. The van der Waals surface area contributed by atoms with Crippen molar-refractivity contribution in [2.75, 3.05) is 4.90 Å². The Hall–Kier alpha value is -8.21. The molecule has 0 fully saturated rings. The number of anilines is 3. The summed E-state index contributed by atoms with van der Waals surface area (Å²) in [4.78, 5) is 7.43. The normalized spacial score (nSPS) is 11.6. The topological polar surface area (TPSA) is 34.2 Å². The molecule has 0 amide bonds. The lowest BCUT2D eigenvalue weighted by molar-refractivity contribution is 0.621. The molecule has 61 heavy (non-hydrogen) atoms. The van der Waals surface area contributed by atoms with Crippen LogP contribution in [0, 0.1) is 0 Å². The second-order valence-corrected chi connectivity index (χ2v) is 15.5. The average Bonchev–Trinajstić information content (AvgIpc) is 3.93. The summed E-state index contributed by atoms with van der Waals surface area (Å²) in [5.74, 6) is 0.603. The molecule has 10 aromatic carbocycles. The lowest BCUT2D eigenvalue weighted by Gasteiger charge is -2.30. The molecule has 12 aromatic rings. The minimum Gasteiger partial charge on any atom is -0.435 e. The molecule has 0 aliphatic rings. The van der Waals surface area contributed by atoms with Gasteiger partial charge in [0.05, 0.1) is 22.4 Å². The predicted molar refractivity (Wildman–Crippen MR) is 254 cm³/mol. The molecule has 0 unspecified atom stereocenters. The highest BCUT2D eigenvalue weighted by atomic mass is 16.3. The van der Waals surface area contributed by atoms with Crippen LogP contribution in [-0.4, -0.2) is 9.55 Å². The number of para-hydroxylation sites is 4. The lowest BCUT2D eigenvalue weighted by atomic mass is 9.96. The van der Waals surface area contributed by atoms with Crippen LogP contribution in [0.4, 0.5) is 17.1 Å². The quantitative estimate of drug-likeness (QED) is 0.162. The van der Waals surface area contributed by atoms with E-state index in [2.05, 4.69) is 198 Å². The maximum Gasteiger partial charge on any atom is 0.227 e. The van der Waals surface area contributed by atoms with Crippen LogP contribution in [0.15, 0.2) is 229 Å². The van der Waals surface area contributed by atoms with E-state index < -0.39 is 0 Å². The molecular formula is C57H37N3O. The van der Waals surface area contributed by atoms with Crippen LogP contribution in [0.2, 0.25) is 0 Å². The number of rotatable bonds is 7. The van der Waals surface area contributed by atoms with Gasteiger partial charge in [0.25, 0.3) is 0 Å². The van der Waals surface area contributed by atoms with Gasteiger partial charge in [0.1, 0.15) is 5.52 Å². The molecule has 0 saturated carbocycles. The Balaban J connectivity index is 1.16. The van der Waals surface area contributed by atoms with Crippen molar-refractivity contribution in [2.24, 2.45) is 0 Å². The first-order chi connectivity index (χ1) is 30.3. The first kappa shape index (κ1) is 34.8. The molecule has 0 atom stereocenters. The number of hydrogen-bond acceptors (Lipinski definition) is 3. The lowest BCUT2D eigenvalue weighted by Crippen LogP contribution is -2.12. The smallest absolute Gasteiger partial charge is 0.227 e. The summed E-state index contributed by atoms with van der Waals surface area (Å²) >= 11 is 0. The van der Waals surface area contributed by atoms with Crippen LogP contribution < -0.4 is 4.90 Å². The van der Waals surface area contributed by atoms with Gasteiger partial charge in [-0.1, -0.05) is 164 Å². The molecule has 2 heterocycles. The van der Waals surface area contributed by atoms with Crippen LogP contribution in [0.25, 0.3) is 93.8 Å². The van der Waals surface area contributed by atoms with Crippen LogP contribution in [0.3, 0.4) is 0 Å². The standard InChI is InChI=1S/C57H37N3O/c1-3-19-39(20-4-1)57-58-51-33-17-32-49(56(51)61-57)46-28-11-13-34-52(46)59(42-25-15-22-40(36-42)44-31-16-21-38-18-7-8-26-43(38)44)54-37-50-47-29-12-14-35-53(47)60(41-23-5-2-6-24-41)55(50)48-30-10-9-27-45(48)54/h1-37H. The molecule has 0 radical (unpaired) electrons. The van der Waals surface area contributed by atoms with Crippen molar-refractivity contribution in [3.05, 3.63) is 224 Å². The minimum absolute atomic E-state index is 0.603. The van der Waals surface area contributed by atoms with E-state index in [0.29, 0.717) is 5.89 Å². The van der Waals surface area contributed by atoms with E-state index in [1.165, 1.54) is 43.5 Å². The summed E-state index contributed by atoms with van der Waals surface area (Å²) in [6, 6.07) is 80.0. The largest absolute Gasteiger partial charge is 0.435 e.